The highest BCUT2D eigenvalue weighted by Gasteiger charge is 2.00. The van der Waals surface area contributed by atoms with Gasteiger partial charge in [-0.2, -0.15) is 0 Å². The van der Waals surface area contributed by atoms with Gasteiger partial charge < -0.3 is 5.32 Å². The predicted molar refractivity (Wildman–Crippen MR) is 54.2 cm³/mol. The second-order valence-electron chi connectivity index (χ2n) is 2.86. The van der Waals surface area contributed by atoms with Crippen LogP contribution < -0.4 is 5.32 Å². The van der Waals surface area contributed by atoms with Crippen LogP contribution in [0, 0.1) is 0 Å². The van der Waals surface area contributed by atoms with Gasteiger partial charge in [0.05, 0.1) is 0 Å². The number of likely N-dealkylation sites (N-methyl/N-ethyl adjacent to an activating group) is 1. The Bertz CT molecular complexity index is 233. The lowest BCUT2D eigenvalue weighted by Crippen LogP contribution is -2.23. The van der Waals surface area contributed by atoms with E-state index in [0.29, 0.717) is 6.04 Å². The molecule has 0 bridgehead atoms. The first kappa shape index (κ1) is 9.68. The highest BCUT2D eigenvalue weighted by atomic mass is 79.9. The summed E-state index contributed by atoms with van der Waals surface area (Å²) in [5, 5.41) is 3.18. The summed E-state index contributed by atoms with van der Waals surface area (Å²) in [5.41, 5.74) is 1.13. The summed E-state index contributed by atoms with van der Waals surface area (Å²) in [4.78, 5) is 4.28. The number of hydrogen-bond donors (Lipinski definition) is 1. The summed E-state index contributed by atoms with van der Waals surface area (Å²) in [5.74, 6) is 0. The molecule has 12 heavy (non-hydrogen) atoms. The molecule has 1 rings (SSSR count). The third-order valence-electron chi connectivity index (χ3n) is 1.80. The highest BCUT2D eigenvalue weighted by Crippen LogP contribution is 2.08. The van der Waals surface area contributed by atoms with E-state index in [1.165, 1.54) is 0 Å². The Balaban J connectivity index is 2.58. The number of nitrogens with one attached hydrogen (secondary N) is 1. The fraction of sp³-hybridized carbons (Fsp3) is 0.444. The van der Waals surface area contributed by atoms with Gasteiger partial charge in [-0.25, -0.2) is 0 Å². The van der Waals surface area contributed by atoms with E-state index >= 15 is 0 Å². The first-order valence-corrected chi connectivity index (χ1v) is 4.79. The fourth-order valence-electron chi connectivity index (χ4n) is 0.943. The molecule has 0 fully saturated rings. The molecule has 0 aliphatic heterocycles. The summed E-state index contributed by atoms with van der Waals surface area (Å²) in [6.07, 6.45) is 2.81. The molecule has 1 N–H and O–H groups in total. The van der Waals surface area contributed by atoms with Crippen LogP contribution in [0.1, 0.15) is 12.6 Å². The molecule has 1 aromatic rings. The molecule has 3 heteroatoms. The Morgan fingerprint density at radius 2 is 2.33 bits per heavy atom. The maximum Gasteiger partial charge on any atom is 0.0419 e. The fourth-order valence-corrected chi connectivity index (χ4v) is 1.18. The smallest absolute Gasteiger partial charge is 0.0419 e. The minimum Gasteiger partial charge on any atom is -0.317 e. The van der Waals surface area contributed by atoms with Gasteiger partial charge in [-0.05, 0) is 42.0 Å². The molecule has 0 radical (unpaired) electrons. The van der Waals surface area contributed by atoms with Gasteiger partial charge in [0.2, 0.25) is 0 Å². The second kappa shape index (κ2) is 4.58. The van der Waals surface area contributed by atoms with Crippen molar-refractivity contribution in [3.63, 3.8) is 0 Å². The topological polar surface area (TPSA) is 24.9 Å². The molecule has 2 nitrogen and oxygen atoms in total. The molecule has 1 aromatic heterocycles. The maximum absolute atomic E-state index is 4.28. The van der Waals surface area contributed by atoms with E-state index < -0.39 is 0 Å². The van der Waals surface area contributed by atoms with Gasteiger partial charge in [-0.3, -0.25) is 4.98 Å². The number of nitrogens with zero attached hydrogens (tertiary/aromatic N) is 1. The van der Waals surface area contributed by atoms with E-state index in [-0.39, 0.29) is 0 Å². The van der Waals surface area contributed by atoms with Crippen LogP contribution in [-0.4, -0.2) is 18.1 Å². The Morgan fingerprint density at radius 3 is 2.83 bits per heavy atom. The summed E-state index contributed by atoms with van der Waals surface area (Å²) in [7, 11) is 1.96. The first-order valence-electron chi connectivity index (χ1n) is 4.00. The lowest BCUT2D eigenvalue weighted by molar-refractivity contribution is 0.600. The van der Waals surface area contributed by atoms with Crippen molar-refractivity contribution in [3.05, 3.63) is 28.5 Å². The summed E-state index contributed by atoms with van der Waals surface area (Å²) in [6, 6.07) is 4.54. The van der Waals surface area contributed by atoms with E-state index in [9.17, 15) is 0 Å². The van der Waals surface area contributed by atoms with Crippen LogP contribution in [0.5, 0.6) is 0 Å². The normalized spacial score (nSPS) is 12.9. The molecule has 0 aromatic carbocycles. The number of hydrogen-bond acceptors (Lipinski definition) is 2. The molecule has 1 unspecified atom stereocenters. The van der Waals surface area contributed by atoms with Gasteiger partial charge in [0.25, 0.3) is 0 Å². The van der Waals surface area contributed by atoms with Gasteiger partial charge in [-0.1, -0.05) is 0 Å². The zero-order valence-corrected chi connectivity index (χ0v) is 8.93. The van der Waals surface area contributed by atoms with Crippen molar-refractivity contribution in [1.29, 1.82) is 0 Å². The van der Waals surface area contributed by atoms with E-state index in [4.69, 9.17) is 0 Å². The van der Waals surface area contributed by atoms with E-state index in [2.05, 4.69) is 33.2 Å². The van der Waals surface area contributed by atoms with Crippen molar-refractivity contribution in [2.24, 2.45) is 0 Å². The van der Waals surface area contributed by atoms with Crippen LogP contribution in [0.4, 0.5) is 0 Å². The average molecular weight is 229 g/mol. The largest absolute Gasteiger partial charge is 0.317 e. The van der Waals surface area contributed by atoms with E-state index in [1.54, 1.807) is 0 Å². The first-order chi connectivity index (χ1) is 5.72. The molecule has 0 aliphatic rings. The van der Waals surface area contributed by atoms with Crippen molar-refractivity contribution < 1.29 is 0 Å². The Kier molecular flexibility index (Phi) is 3.69. The lowest BCUT2D eigenvalue weighted by atomic mass is 10.2. The molecule has 0 aliphatic carbocycles. The number of pyridine rings is 1. The molecular weight excluding hydrogens is 216 g/mol. The molecule has 0 saturated heterocycles. The van der Waals surface area contributed by atoms with Gasteiger partial charge in [-0.15, -0.1) is 0 Å². The molecule has 0 saturated carbocycles. The van der Waals surface area contributed by atoms with Gasteiger partial charge in [0.1, 0.15) is 0 Å². The van der Waals surface area contributed by atoms with Crippen molar-refractivity contribution in [2.75, 3.05) is 7.05 Å². The lowest BCUT2D eigenvalue weighted by Gasteiger charge is -2.08. The summed E-state index contributed by atoms with van der Waals surface area (Å²) in [6.45, 7) is 2.14. The molecule has 1 atom stereocenters. The molecule has 66 valence electrons. The van der Waals surface area contributed by atoms with Crippen LogP contribution in [0.3, 0.4) is 0 Å². The van der Waals surface area contributed by atoms with Crippen LogP contribution >= 0.6 is 15.9 Å². The predicted octanol–water partition coefficient (Wildman–Crippen LogP) is 1.99. The standard InChI is InChI=1S/C9H13BrN2/c1-7(11-2)5-9-4-3-8(10)6-12-9/h3-4,6-7,11H,5H2,1-2H3. The third-order valence-corrected chi connectivity index (χ3v) is 2.27. The molecule has 1 heterocycles. The Hall–Kier alpha value is -0.410. The SMILES string of the molecule is CNC(C)Cc1ccc(Br)cn1. The summed E-state index contributed by atoms with van der Waals surface area (Å²) >= 11 is 3.35. The zero-order chi connectivity index (χ0) is 8.97. The van der Waals surface area contributed by atoms with E-state index in [0.717, 1.165) is 16.6 Å². The summed E-state index contributed by atoms with van der Waals surface area (Å²) < 4.78 is 1.03. The van der Waals surface area contributed by atoms with Crippen LogP contribution in [0.2, 0.25) is 0 Å². The minimum atomic E-state index is 0.485. The van der Waals surface area contributed by atoms with Gasteiger partial charge >= 0.3 is 0 Å². The van der Waals surface area contributed by atoms with Crippen LogP contribution in [-0.2, 0) is 6.42 Å². The maximum atomic E-state index is 4.28. The Labute approximate surface area is 81.5 Å². The molecule has 0 amide bonds. The highest BCUT2D eigenvalue weighted by molar-refractivity contribution is 9.10. The Morgan fingerprint density at radius 1 is 1.58 bits per heavy atom. The second-order valence-corrected chi connectivity index (χ2v) is 3.78. The minimum absolute atomic E-state index is 0.485. The van der Waals surface area contributed by atoms with Crippen LogP contribution in [0.25, 0.3) is 0 Å². The number of aromatic nitrogens is 1. The zero-order valence-electron chi connectivity index (χ0n) is 7.34. The van der Waals surface area contributed by atoms with Crippen molar-refractivity contribution >= 4 is 15.9 Å². The number of rotatable bonds is 3. The van der Waals surface area contributed by atoms with E-state index in [1.807, 2.05) is 25.4 Å². The molecular formula is C9H13BrN2. The number of halogens is 1. The average Bonchev–Trinajstić information content (AvgIpc) is 2.09. The third kappa shape index (κ3) is 2.91. The van der Waals surface area contributed by atoms with Crippen molar-refractivity contribution in [2.45, 2.75) is 19.4 Å². The quantitative estimate of drug-likeness (QED) is 0.857. The van der Waals surface area contributed by atoms with Crippen molar-refractivity contribution in [3.8, 4) is 0 Å². The molecule has 0 spiro atoms. The van der Waals surface area contributed by atoms with Crippen molar-refractivity contribution in [1.82, 2.24) is 10.3 Å². The van der Waals surface area contributed by atoms with Gasteiger partial charge in [0, 0.05) is 28.8 Å². The van der Waals surface area contributed by atoms with Crippen LogP contribution in [0.15, 0.2) is 22.8 Å². The monoisotopic (exact) mass is 228 g/mol. The van der Waals surface area contributed by atoms with Gasteiger partial charge in [0.15, 0.2) is 0 Å².